The van der Waals surface area contributed by atoms with Gasteiger partial charge in [0.25, 0.3) is 5.69 Å². The summed E-state index contributed by atoms with van der Waals surface area (Å²) >= 11 is 0. The van der Waals surface area contributed by atoms with Gasteiger partial charge in [-0.2, -0.15) is 13.2 Å². The molecule has 1 aromatic rings. The smallest absolute Gasteiger partial charge is 0.423 e. The Morgan fingerprint density at radius 2 is 1.91 bits per heavy atom. The van der Waals surface area contributed by atoms with E-state index >= 15 is 0 Å². The molecular weight excluding hydrogens is 437 g/mol. The fraction of sp³-hybridized carbons (Fsp3) is 0.500. The third kappa shape index (κ3) is 6.42. The highest BCUT2D eigenvalue weighted by Gasteiger charge is 2.40. The van der Waals surface area contributed by atoms with Crippen molar-refractivity contribution in [1.82, 2.24) is 0 Å². The van der Waals surface area contributed by atoms with Crippen molar-refractivity contribution in [2.45, 2.75) is 39.9 Å². The van der Waals surface area contributed by atoms with Gasteiger partial charge in [-0.1, -0.05) is 20.8 Å². The number of ether oxygens (including phenoxy) is 2. The van der Waals surface area contributed by atoms with Crippen molar-refractivity contribution in [3.63, 3.8) is 0 Å². The van der Waals surface area contributed by atoms with Gasteiger partial charge in [0, 0.05) is 18.3 Å². The second kappa shape index (κ2) is 10.4. The van der Waals surface area contributed by atoms with Gasteiger partial charge in [0.2, 0.25) is 0 Å². The maximum absolute atomic E-state index is 13.3. The zero-order valence-electron chi connectivity index (χ0n) is 18.2. The number of carbonyl (C=O) groups excluding carboxylic acids is 1. The average Bonchev–Trinajstić information content (AvgIpc) is 2.68. The molecule has 0 aliphatic rings. The number of methoxy groups -OCH3 is 1. The molecule has 0 radical (unpaired) electrons. The molecule has 1 rings (SSSR count). The summed E-state index contributed by atoms with van der Waals surface area (Å²) in [4.78, 5) is 26.5. The lowest BCUT2D eigenvalue weighted by atomic mass is 9.88. The fourth-order valence-electron chi connectivity index (χ4n) is 2.57. The van der Waals surface area contributed by atoms with Crippen LogP contribution in [0.25, 0.3) is 5.76 Å². The van der Waals surface area contributed by atoms with Crippen LogP contribution in [0.5, 0.6) is 5.75 Å². The molecule has 0 aliphatic heterocycles. The van der Waals surface area contributed by atoms with Crippen LogP contribution >= 0.6 is 0 Å². The Balaban J connectivity index is 3.84. The number of aliphatic imine (C=N–C) groups is 1. The number of esters is 1. The maximum Gasteiger partial charge on any atom is 0.423 e. The van der Waals surface area contributed by atoms with E-state index in [0.717, 1.165) is 13.3 Å². The molecule has 0 aromatic heterocycles. The Labute approximate surface area is 182 Å². The van der Waals surface area contributed by atoms with Gasteiger partial charge in [-0.05, 0) is 12.3 Å². The first-order chi connectivity index (χ1) is 14.7. The van der Waals surface area contributed by atoms with Gasteiger partial charge in [0.1, 0.15) is 22.6 Å². The molecule has 0 saturated carbocycles. The highest BCUT2D eigenvalue weighted by Crippen LogP contribution is 2.41. The first-order valence-electron chi connectivity index (χ1n) is 9.37. The zero-order valence-corrected chi connectivity index (χ0v) is 18.2. The monoisotopic (exact) mass is 462 g/mol. The number of aliphatic hydroxyl groups is 2. The van der Waals surface area contributed by atoms with Crippen molar-refractivity contribution >= 4 is 23.6 Å². The number of aliphatic hydroxyl groups excluding tert-OH is 2. The molecule has 0 heterocycles. The average molecular weight is 462 g/mol. The molecule has 178 valence electrons. The number of benzene rings is 1. The first-order valence-corrected chi connectivity index (χ1v) is 9.37. The number of nitro benzene ring substituents is 1. The minimum Gasteiger partial charge on any atom is -0.506 e. The summed E-state index contributed by atoms with van der Waals surface area (Å²) in [5, 5.41) is 31.5. The van der Waals surface area contributed by atoms with Crippen LogP contribution in [0.1, 0.15) is 38.8 Å². The van der Waals surface area contributed by atoms with Crippen molar-refractivity contribution in [3.8, 4) is 5.75 Å². The Bertz CT molecular complexity index is 919. The van der Waals surface area contributed by atoms with Crippen LogP contribution in [0.15, 0.2) is 22.7 Å². The highest BCUT2D eigenvalue weighted by atomic mass is 19.4. The number of halogens is 3. The minimum atomic E-state index is -5.07. The van der Waals surface area contributed by atoms with E-state index in [1.54, 1.807) is 20.8 Å². The Morgan fingerprint density at radius 1 is 1.31 bits per heavy atom. The highest BCUT2D eigenvalue weighted by molar-refractivity contribution is 6.15. The molecule has 0 spiro atoms. The molecule has 1 atom stereocenters. The molecule has 2 N–H and O–H groups in total. The SMILES string of the molecule is CCOC(=O)C(C=N[C@H](CO)C(C)(C)C)=C(O)c1cc([N+](=O)[O-])c(C(F)(F)F)cc1OC. The van der Waals surface area contributed by atoms with Crippen molar-refractivity contribution < 1.29 is 42.6 Å². The van der Waals surface area contributed by atoms with Crippen LogP contribution in [-0.4, -0.2) is 53.7 Å². The number of rotatable bonds is 8. The van der Waals surface area contributed by atoms with Crippen molar-refractivity contribution in [1.29, 1.82) is 0 Å². The Kier molecular flexibility index (Phi) is 8.77. The van der Waals surface area contributed by atoms with Gasteiger partial charge in [0.05, 0.1) is 36.9 Å². The lowest BCUT2D eigenvalue weighted by molar-refractivity contribution is -0.388. The van der Waals surface area contributed by atoms with E-state index in [1.165, 1.54) is 6.92 Å². The van der Waals surface area contributed by atoms with Crippen LogP contribution < -0.4 is 4.74 Å². The van der Waals surface area contributed by atoms with Gasteiger partial charge >= 0.3 is 12.1 Å². The maximum atomic E-state index is 13.3. The third-order valence-corrected chi connectivity index (χ3v) is 4.38. The molecule has 0 bridgehead atoms. The van der Waals surface area contributed by atoms with Crippen LogP contribution in [0.3, 0.4) is 0 Å². The fourth-order valence-corrected chi connectivity index (χ4v) is 2.57. The second-order valence-corrected chi connectivity index (χ2v) is 7.65. The first kappa shape index (κ1) is 26.9. The summed E-state index contributed by atoms with van der Waals surface area (Å²) in [6.45, 7) is 6.28. The Hall–Kier alpha value is -3.15. The summed E-state index contributed by atoms with van der Waals surface area (Å²) < 4.78 is 49.5. The lowest BCUT2D eigenvalue weighted by Gasteiger charge is -2.25. The molecule has 1 aromatic carbocycles. The minimum absolute atomic E-state index is 0.101. The van der Waals surface area contributed by atoms with Crippen LogP contribution in [0, 0.1) is 15.5 Å². The van der Waals surface area contributed by atoms with Gasteiger partial charge in [-0.3, -0.25) is 15.1 Å². The van der Waals surface area contributed by atoms with E-state index < -0.39 is 69.0 Å². The lowest BCUT2D eigenvalue weighted by Crippen LogP contribution is -2.28. The molecule has 0 aliphatic carbocycles. The number of nitrogens with zero attached hydrogens (tertiary/aromatic N) is 2. The third-order valence-electron chi connectivity index (χ3n) is 4.38. The summed E-state index contributed by atoms with van der Waals surface area (Å²) in [6, 6.07) is 0.107. The number of carbonyl (C=O) groups is 1. The standard InChI is InChI=1S/C20H25F3N2O7/c1-6-32-18(28)12(9-24-16(10-26)19(2,3)4)17(27)11-7-14(25(29)30)13(20(21,22)23)8-15(11)31-5/h7-9,16,26-27H,6,10H2,1-5H3/t16-/m1/s1. The molecule has 32 heavy (non-hydrogen) atoms. The number of hydrogen-bond donors (Lipinski definition) is 2. The van der Waals surface area contributed by atoms with Crippen LogP contribution in [0.4, 0.5) is 18.9 Å². The number of alkyl halides is 3. The van der Waals surface area contributed by atoms with E-state index in [2.05, 4.69) is 4.99 Å². The van der Waals surface area contributed by atoms with Gasteiger partial charge in [0.15, 0.2) is 0 Å². The van der Waals surface area contributed by atoms with Gasteiger partial charge in [-0.25, -0.2) is 4.79 Å². The molecule has 0 unspecified atom stereocenters. The van der Waals surface area contributed by atoms with Crippen LogP contribution in [0.2, 0.25) is 0 Å². The van der Waals surface area contributed by atoms with Crippen molar-refractivity contribution in [3.05, 3.63) is 38.9 Å². The number of nitro groups is 1. The normalized spacial score (nSPS) is 14.2. The number of hydrogen-bond acceptors (Lipinski definition) is 8. The summed E-state index contributed by atoms with van der Waals surface area (Å²) in [5.74, 6) is -2.58. The quantitative estimate of drug-likeness (QED) is 0.149. The Morgan fingerprint density at radius 3 is 2.31 bits per heavy atom. The predicted octanol–water partition coefficient (Wildman–Crippen LogP) is 3.93. The van der Waals surface area contributed by atoms with Crippen molar-refractivity contribution in [2.75, 3.05) is 20.3 Å². The molecule has 0 fully saturated rings. The predicted molar refractivity (Wildman–Crippen MR) is 110 cm³/mol. The summed E-state index contributed by atoms with van der Waals surface area (Å²) in [7, 11) is 0.998. The van der Waals surface area contributed by atoms with E-state index in [-0.39, 0.29) is 6.61 Å². The topological polar surface area (TPSA) is 131 Å². The summed E-state index contributed by atoms with van der Waals surface area (Å²) in [6.07, 6.45) is -4.16. The van der Waals surface area contributed by atoms with E-state index in [4.69, 9.17) is 9.47 Å². The van der Waals surface area contributed by atoms with E-state index in [1.807, 2.05) is 0 Å². The van der Waals surface area contributed by atoms with Crippen molar-refractivity contribution in [2.24, 2.45) is 10.4 Å². The molecule has 9 nitrogen and oxygen atoms in total. The molecule has 0 saturated heterocycles. The molecular formula is C20H25F3N2O7. The second-order valence-electron chi connectivity index (χ2n) is 7.65. The molecule has 12 heteroatoms. The van der Waals surface area contributed by atoms with Crippen LogP contribution in [-0.2, 0) is 15.7 Å². The summed E-state index contributed by atoms with van der Waals surface area (Å²) in [5.41, 5.74) is -4.59. The molecule has 0 amide bonds. The zero-order chi connectivity index (χ0) is 24.9. The largest absolute Gasteiger partial charge is 0.506 e. The van der Waals surface area contributed by atoms with E-state index in [9.17, 15) is 38.3 Å². The van der Waals surface area contributed by atoms with Gasteiger partial charge in [-0.15, -0.1) is 0 Å². The van der Waals surface area contributed by atoms with E-state index in [0.29, 0.717) is 12.1 Å². The van der Waals surface area contributed by atoms with Gasteiger partial charge < -0.3 is 19.7 Å².